The number of hydrogen-bond donors (Lipinski definition) is 2. The maximum Gasteiger partial charge on any atom is 0.237 e. The number of carbonyl (C=O) groups is 1. The summed E-state index contributed by atoms with van der Waals surface area (Å²) in [6, 6.07) is 3.58. The average Bonchev–Trinajstić information content (AvgIpc) is 2.26. The van der Waals surface area contributed by atoms with Crippen LogP contribution in [0.15, 0.2) is 18.2 Å². The van der Waals surface area contributed by atoms with E-state index in [4.69, 9.17) is 10.5 Å². The van der Waals surface area contributed by atoms with Crippen LogP contribution in [0.25, 0.3) is 0 Å². The minimum absolute atomic E-state index is 0. The zero-order valence-electron chi connectivity index (χ0n) is 11.8. The molecule has 1 aliphatic heterocycles. The summed E-state index contributed by atoms with van der Waals surface area (Å²) in [5.74, 6) is -0.0991. The Balaban J connectivity index is 0.00000200. The van der Waals surface area contributed by atoms with E-state index in [9.17, 15) is 9.18 Å². The van der Waals surface area contributed by atoms with Crippen LogP contribution in [0.4, 0.5) is 4.39 Å². The van der Waals surface area contributed by atoms with E-state index in [-0.39, 0.29) is 30.2 Å². The van der Waals surface area contributed by atoms with Gasteiger partial charge in [0.2, 0.25) is 5.91 Å². The van der Waals surface area contributed by atoms with Gasteiger partial charge in [-0.3, -0.25) is 4.79 Å². The van der Waals surface area contributed by atoms with E-state index >= 15 is 0 Å². The lowest BCUT2D eigenvalue weighted by molar-refractivity contribution is -0.123. The van der Waals surface area contributed by atoms with Crippen molar-refractivity contribution < 1.29 is 13.9 Å². The van der Waals surface area contributed by atoms with Gasteiger partial charge in [0.1, 0.15) is 17.2 Å². The van der Waals surface area contributed by atoms with Crippen LogP contribution in [0.2, 0.25) is 0 Å². The van der Waals surface area contributed by atoms with Crippen LogP contribution in [-0.4, -0.2) is 17.6 Å². The second kappa shape index (κ2) is 5.97. The molecule has 0 saturated heterocycles. The molecule has 3 N–H and O–H groups in total. The Hall–Kier alpha value is -1.33. The first-order chi connectivity index (χ1) is 8.78. The Morgan fingerprint density at radius 1 is 1.55 bits per heavy atom. The monoisotopic (exact) mass is 302 g/mol. The topological polar surface area (TPSA) is 64.4 Å². The van der Waals surface area contributed by atoms with E-state index in [2.05, 4.69) is 5.32 Å². The fraction of sp³-hybridized carbons (Fsp3) is 0.500. The summed E-state index contributed by atoms with van der Waals surface area (Å²) >= 11 is 0. The van der Waals surface area contributed by atoms with Gasteiger partial charge in [0, 0.05) is 18.1 Å². The molecule has 2 atom stereocenters. The lowest BCUT2D eigenvalue weighted by Gasteiger charge is -2.38. The highest BCUT2D eigenvalue weighted by Gasteiger charge is 2.35. The second-order valence-electron chi connectivity index (χ2n) is 5.60. The highest BCUT2D eigenvalue weighted by Crippen LogP contribution is 2.39. The maximum atomic E-state index is 13.3. The molecule has 1 heterocycles. The molecular weight excluding hydrogens is 283 g/mol. The zero-order valence-corrected chi connectivity index (χ0v) is 12.6. The minimum atomic E-state index is -0.574. The number of ether oxygens (including phenoxy) is 1. The minimum Gasteiger partial charge on any atom is -0.487 e. The Morgan fingerprint density at radius 3 is 2.80 bits per heavy atom. The molecule has 1 aromatic carbocycles. The number of nitrogens with one attached hydrogen (secondary N) is 1. The van der Waals surface area contributed by atoms with Crippen LogP contribution in [-0.2, 0) is 4.79 Å². The Bertz CT molecular complexity index is 506. The lowest BCUT2D eigenvalue weighted by atomic mass is 9.89. The molecule has 1 unspecified atom stereocenters. The molecule has 112 valence electrons. The summed E-state index contributed by atoms with van der Waals surface area (Å²) in [7, 11) is 0. The van der Waals surface area contributed by atoms with E-state index in [1.807, 2.05) is 13.8 Å². The first-order valence-corrected chi connectivity index (χ1v) is 6.33. The first kappa shape index (κ1) is 16.7. The molecule has 6 heteroatoms. The van der Waals surface area contributed by atoms with Crippen LogP contribution in [0.5, 0.6) is 5.75 Å². The number of amides is 1. The van der Waals surface area contributed by atoms with Crippen molar-refractivity contribution >= 4 is 18.3 Å². The van der Waals surface area contributed by atoms with Gasteiger partial charge in [-0.25, -0.2) is 4.39 Å². The van der Waals surface area contributed by atoms with Crippen molar-refractivity contribution in [1.29, 1.82) is 0 Å². The molecule has 1 amide bonds. The van der Waals surface area contributed by atoms with Crippen LogP contribution >= 0.6 is 12.4 Å². The Labute approximate surface area is 124 Å². The predicted molar refractivity (Wildman–Crippen MR) is 77.5 cm³/mol. The highest BCUT2D eigenvalue weighted by molar-refractivity contribution is 5.85. The van der Waals surface area contributed by atoms with E-state index in [1.54, 1.807) is 13.0 Å². The van der Waals surface area contributed by atoms with Crippen LogP contribution in [0.1, 0.15) is 38.8 Å². The molecule has 0 spiro atoms. The number of carbonyl (C=O) groups excluding carboxylic acids is 1. The van der Waals surface area contributed by atoms with Crippen molar-refractivity contribution in [3.05, 3.63) is 29.6 Å². The zero-order chi connectivity index (χ0) is 14.2. The lowest BCUT2D eigenvalue weighted by Crippen LogP contribution is -2.45. The molecule has 0 bridgehead atoms. The largest absolute Gasteiger partial charge is 0.487 e. The smallest absolute Gasteiger partial charge is 0.237 e. The molecule has 2 rings (SSSR count). The Morgan fingerprint density at radius 2 is 2.20 bits per heavy atom. The number of benzene rings is 1. The van der Waals surface area contributed by atoms with Crippen molar-refractivity contribution in [3.63, 3.8) is 0 Å². The van der Waals surface area contributed by atoms with Gasteiger partial charge in [-0.2, -0.15) is 0 Å². The molecule has 0 radical (unpaired) electrons. The van der Waals surface area contributed by atoms with Crippen molar-refractivity contribution in [2.75, 3.05) is 0 Å². The van der Waals surface area contributed by atoms with Crippen molar-refractivity contribution in [1.82, 2.24) is 5.32 Å². The predicted octanol–water partition coefficient (Wildman–Crippen LogP) is 2.31. The number of halogens is 2. The molecule has 1 aliphatic rings. The van der Waals surface area contributed by atoms with Gasteiger partial charge in [0.15, 0.2) is 0 Å². The van der Waals surface area contributed by atoms with Gasteiger partial charge in [-0.1, -0.05) is 6.07 Å². The fourth-order valence-electron chi connectivity index (χ4n) is 2.26. The molecule has 0 saturated carbocycles. The third-order valence-electron chi connectivity index (χ3n) is 3.16. The standard InChI is InChI=1S/C14H19FN2O2.ClH/c1-8(16)13(18)17-11-7-14(2,3)19-12-6-9(15)4-5-10(11)12;/h4-6,8,11H,7,16H2,1-3H3,(H,17,18);1H/t8-,11?;/m1./s1. The van der Waals surface area contributed by atoms with Crippen LogP contribution in [0.3, 0.4) is 0 Å². The van der Waals surface area contributed by atoms with Crippen molar-refractivity contribution in [3.8, 4) is 5.75 Å². The molecule has 20 heavy (non-hydrogen) atoms. The van der Waals surface area contributed by atoms with E-state index in [1.165, 1.54) is 12.1 Å². The number of nitrogens with two attached hydrogens (primary N) is 1. The van der Waals surface area contributed by atoms with Gasteiger partial charge in [0.05, 0.1) is 12.1 Å². The molecular formula is C14H20ClFN2O2. The third-order valence-corrected chi connectivity index (χ3v) is 3.16. The summed E-state index contributed by atoms with van der Waals surface area (Å²) in [5, 5.41) is 2.88. The maximum absolute atomic E-state index is 13.3. The van der Waals surface area contributed by atoms with E-state index in [0.717, 1.165) is 5.56 Å². The summed E-state index contributed by atoms with van der Waals surface area (Å²) in [4.78, 5) is 11.7. The highest BCUT2D eigenvalue weighted by atomic mass is 35.5. The molecule has 1 aromatic rings. The first-order valence-electron chi connectivity index (χ1n) is 6.33. The third kappa shape index (κ3) is 3.61. The number of rotatable bonds is 2. The summed E-state index contributed by atoms with van der Waals surface area (Å²) in [6.45, 7) is 5.45. The number of hydrogen-bond acceptors (Lipinski definition) is 3. The van der Waals surface area contributed by atoms with E-state index in [0.29, 0.717) is 12.2 Å². The molecule has 0 fully saturated rings. The van der Waals surface area contributed by atoms with E-state index < -0.39 is 11.6 Å². The second-order valence-corrected chi connectivity index (χ2v) is 5.60. The van der Waals surface area contributed by atoms with Crippen molar-refractivity contribution in [2.45, 2.75) is 44.9 Å². The van der Waals surface area contributed by atoms with Gasteiger partial charge in [0.25, 0.3) is 0 Å². The molecule has 4 nitrogen and oxygen atoms in total. The van der Waals surface area contributed by atoms with Gasteiger partial charge >= 0.3 is 0 Å². The average molecular weight is 303 g/mol. The SMILES string of the molecule is C[C@@H](N)C(=O)NC1CC(C)(C)Oc2cc(F)ccc21.Cl. The van der Waals surface area contributed by atoms with Gasteiger partial charge in [-0.15, -0.1) is 12.4 Å². The fourth-order valence-corrected chi connectivity index (χ4v) is 2.26. The molecule has 0 aliphatic carbocycles. The quantitative estimate of drug-likeness (QED) is 0.881. The summed E-state index contributed by atoms with van der Waals surface area (Å²) in [6.07, 6.45) is 0.615. The summed E-state index contributed by atoms with van der Waals surface area (Å²) in [5.41, 5.74) is 5.89. The number of fused-ring (bicyclic) bond motifs is 1. The Kier molecular flexibility index (Phi) is 5.00. The molecule has 0 aromatic heterocycles. The van der Waals surface area contributed by atoms with Crippen LogP contribution < -0.4 is 15.8 Å². The van der Waals surface area contributed by atoms with Crippen molar-refractivity contribution in [2.24, 2.45) is 5.73 Å². The summed E-state index contributed by atoms with van der Waals surface area (Å²) < 4.78 is 19.0. The normalized spacial score (nSPS) is 20.9. The van der Waals surface area contributed by atoms with Gasteiger partial charge in [-0.05, 0) is 26.8 Å². The van der Waals surface area contributed by atoms with Crippen LogP contribution in [0, 0.1) is 5.82 Å². The van der Waals surface area contributed by atoms with Gasteiger partial charge < -0.3 is 15.8 Å².